The zero-order valence-corrected chi connectivity index (χ0v) is 17.5. The predicted octanol–water partition coefficient (Wildman–Crippen LogP) is 5.40. The van der Waals surface area contributed by atoms with Crippen LogP contribution in [-0.2, 0) is 0 Å². The summed E-state index contributed by atoms with van der Waals surface area (Å²) in [7, 11) is 0. The monoisotopic (exact) mass is 436 g/mol. The molecule has 0 unspecified atom stereocenters. The Kier molecular flexibility index (Phi) is 5.65. The van der Waals surface area contributed by atoms with E-state index >= 15 is 0 Å². The molecule has 0 atom stereocenters. The molecule has 2 aromatic carbocycles. The summed E-state index contributed by atoms with van der Waals surface area (Å²) in [6.07, 6.45) is 1.52. The van der Waals surface area contributed by atoms with E-state index in [0.717, 1.165) is 5.69 Å². The standard InChI is InChI=1S/C22H17ClN4O2S/c1-14-19(13-24-27(14)18-8-2-5-15(23)11-18)21(28)25-16-6-3-7-17(12-16)26-22(29)20-9-4-10-30-20/h2-13H,1H3,(H,25,28)(H,26,29). The first-order valence-corrected chi connectivity index (χ1v) is 10.3. The minimum absolute atomic E-state index is 0.188. The predicted molar refractivity (Wildman–Crippen MR) is 120 cm³/mol. The average molecular weight is 437 g/mol. The van der Waals surface area contributed by atoms with Crippen molar-refractivity contribution < 1.29 is 9.59 Å². The lowest BCUT2D eigenvalue weighted by atomic mass is 10.2. The Labute approximate surface area is 182 Å². The van der Waals surface area contributed by atoms with Gasteiger partial charge in [-0.25, -0.2) is 4.68 Å². The van der Waals surface area contributed by atoms with E-state index in [9.17, 15) is 9.59 Å². The van der Waals surface area contributed by atoms with E-state index in [1.807, 2.05) is 30.5 Å². The van der Waals surface area contributed by atoms with Gasteiger partial charge in [-0.3, -0.25) is 9.59 Å². The van der Waals surface area contributed by atoms with Crippen LogP contribution in [0, 0.1) is 6.92 Å². The minimum atomic E-state index is -0.289. The summed E-state index contributed by atoms with van der Waals surface area (Å²) in [4.78, 5) is 25.6. The largest absolute Gasteiger partial charge is 0.322 e. The van der Waals surface area contributed by atoms with Gasteiger partial charge in [0.05, 0.1) is 28.0 Å². The smallest absolute Gasteiger partial charge is 0.265 e. The Morgan fingerprint density at radius 3 is 2.40 bits per heavy atom. The number of halogens is 1. The number of thiophene rings is 1. The molecule has 0 aliphatic heterocycles. The van der Waals surface area contributed by atoms with Crippen LogP contribution in [0.3, 0.4) is 0 Å². The van der Waals surface area contributed by atoms with Gasteiger partial charge in [-0.15, -0.1) is 11.3 Å². The van der Waals surface area contributed by atoms with Crippen LogP contribution < -0.4 is 10.6 Å². The van der Waals surface area contributed by atoms with Crippen molar-refractivity contribution in [1.29, 1.82) is 0 Å². The fourth-order valence-corrected chi connectivity index (χ4v) is 3.78. The quantitative estimate of drug-likeness (QED) is 0.439. The second-order valence-electron chi connectivity index (χ2n) is 6.50. The van der Waals surface area contributed by atoms with Gasteiger partial charge in [0.1, 0.15) is 0 Å². The van der Waals surface area contributed by atoms with E-state index in [-0.39, 0.29) is 11.8 Å². The topological polar surface area (TPSA) is 76.0 Å². The molecule has 2 N–H and O–H groups in total. The van der Waals surface area contributed by atoms with Crippen molar-refractivity contribution in [1.82, 2.24) is 9.78 Å². The fourth-order valence-electron chi connectivity index (χ4n) is 2.97. The van der Waals surface area contributed by atoms with E-state index in [1.165, 1.54) is 17.5 Å². The Hall–Kier alpha value is -3.42. The number of hydrogen-bond acceptors (Lipinski definition) is 4. The van der Waals surface area contributed by atoms with E-state index in [0.29, 0.717) is 32.5 Å². The molecule has 4 rings (SSSR count). The first-order chi connectivity index (χ1) is 14.5. The number of carbonyl (C=O) groups excluding carboxylic acids is 2. The van der Waals surface area contributed by atoms with E-state index in [4.69, 9.17) is 11.6 Å². The molecule has 8 heteroatoms. The molecule has 30 heavy (non-hydrogen) atoms. The molecule has 6 nitrogen and oxygen atoms in total. The molecular formula is C22H17ClN4O2S. The van der Waals surface area contributed by atoms with Crippen molar-refractivity contribution in [3.63, 3.8) is 0 Å². The van der Waals surface area contributed by atoms with Crippen LogP contribution in [-0.4, -0.2) is 21.6 Å². The van der Waals surface area contributed by atoms with Gasteiger partial charge in [-0.05, 0) is 54.8 Å². The van der Waals surface area contributed by atoms with Crippen molar-refractivity contribution in [2.24, 2.45) is 0 Å². The number of rotatable bonds is 5. The number of carbonyl (C=O) groups is 2. The zero-order chi connectivity index (χ0) is 21.1. The van der Waals surface area contributed by atoms with Gasteiger partial charge in [0.2, 0.25) is 0 Å². The van der Waals surface area contributed by atoms with Gasteiger partial charge >= 0.3 is 0 Å². The van der Waals surface area contributed by atoms with Gasteiger partial charge in [-0.1, -0.05) is 29.8 Å². The second-order valence-corrected chi connectivity index (χ2v) is 7.89. The SMILES string of the molecule is Cc1c(C(=O)Nc2cccc(NC(=O)c3cccs3)c2)cnn1-c1cccc(Cl)c1. The molecule has 2 amide bonds. The summed E-state index contributed by atoms with van der Waals surface area (Å²) in [5, 5.41) is 12.4. The first kappa shape index (κ1) is 19.9. The number of nitrogens with zero attached hydrogens (tertiary/aromatic N) is 2. The third kappa shape index (κ3) is 4.27. The lowest BCUT2D eigenvalue weighted by molar-refractivity contribution is 0.102. The molecule has 0 radical (unpaired) electrons. The number of hydrogen-bond donors (Lipinski definition) is 2. The Balaban J connectivity index is 1.50. The van der Waals surface area contributed by atoms with E-state index in [1.54, 1.807) is 47.1 Å². The molecule has 0 fully saturated rings. The number of anilines is 2. The molecule has 150 valence electrons. The van der Waals surface area contributed by atoms with Crippen LogP contribution >= 0.6 is 22.9 Å². The van der Waals surface area contributed by atoms with Crippen LogP contribution in [0.2, 0.25) is 5.02 Å². The van der Waals surface area contributed by atoms with Crippen LogP contribution in [0.25, 0.3) is 5.69 Å². The Bertz CT molecular complexity index is 1220. The van der Waals surface area contributed by atoms with E-state index < -0.39 is 0 Å². The third-order valence-corrected chi connectivity index (χ3v) is 5.53. The summed E-state index contributed by atoms with van der Waals surface area (Å²) in [6, 6.07) is 17.8. The van der Waals surface area contributed by atoms with Crippen molar-refractivity contribution in [3.8, 4) is 5.69 Å². The van der Waals surface area contributed by atoms with Gasteiger partial charge in [-0.2, -0.15) is 5.10 Å². The maximum atomic E-state index is 12.8. The maximum Gasteiger partial charge on any atom is 0.265 e. The summed E-state index contributed by atoms with van der Waals surface area (Å²) < 4.78 is 1.67. The van der Waals surface area contributed by atoms with Crippen LogP contribution in [0.1, 0.15) is 25.7 Å². The van der Waals surface area contributed by atoms with Crippen molar-refractivity contribution in [2.45, 2.75) is 6.92 Å². The van der Waals surface area contributed by atoms with Crippen molar-refractivity contribution >= 4 is 46.1 Å². The normalized spacial score (nSPS) is 10.6. The molecule has 0 spiro atoms. The minimum Gasteiger partial charge on any atom is -0.322 e. The first-order valence-electron chi connectivity index (χ1n) is 9.08. The number of nitrogens with one attached hydrogen (secondary N) is 2. The Morgan fingerprint density at radius 1 is 0.967 bits per heavy atom. The lowest BCUT2D eigenvalue weighted by Crippen LogP contribution is -2.14. The molecule has 2 heterocycles. The molecule has 0 bridgehead atoms. The summed E-state index contributed by atoms with van der Waals surface area (Å²) in [5.74, 6) is -0.477. The van der Waals surface area contributed by atoms with Crippen LogP contribution in [0.4, 0.5) is 11.4 Å². The summed E-state index contributed by atoms with van der Waals surface area (Å²) in [5.41, 5.74) is 3.08. The molecule has 0 saturated heterocycles. The third-order valence-electron chi connectivity index (χ3n) is 4.43. The maximum absolute atomic E-state index is 12.8. The van der Waals surface area contributed by atoms with Crippen molar-refractivity contribution in [3.05, 3.63) is 93.4 Å². The highest BCUT2D eigenvalue weighted by molar-refractivity contribution is 7.12. The van der Waals surface area contributed by atoms with Gasteiger partial charge in [0.25, 0.3) is 11.8 Å². The highest BCUT2D eigenvalue weighted by atomic mass is 35.5. The highest BCUT2D eigenvalue weighted by Gasteiger charge is 2.16. The molecular weight excluding hydrogens is 420 g/mol. The van der Waals surface area contributed by atoms with Gasteiger partial charge in [0, 0.05) is 16.4 Å². The molecule has 4 aromatic rings. The summed E-state index contributed by atoms with van der Waals surface area (Å²) in [6.45, 7) is 1.82. The molecule has 0 aliphatic carbocycles. The molecule has 2 aromatic heterocycles. The molecule has 0 aliphatic rings. The van der Waals surface area contributed by atoms with E-state index in [2.05, 4.69) is 15.7 Å². The number of amides is 2. The lowest BCUT2D eigenvalue weighted by Gasteiger charge is -2.09. The number of benzene rings is 2. The van der Waals surface area contributed by atoms with Crippen molar-refractivity contribution in [2.75, 3.05) is 10.6 Å². The zero-order valence-electron chi connectivity index (χ0n) is 15.9. The van der Waals surface area contributed by atoms with Gasteiger partial charge < -0.3 is 10.6 Å². The second kappa shape index (κ2) is 8.52. The average Bonchev–Trinajstić information content (AvgIpc) is 3.38. The molecule has 0 saturated carbocycles. The van der Waals surface area contributed by atoms with Crippen LogP contribution in [0.5, 0.6) is 0 Å². The fraction of sp³-hybridized carbons (Fsp3) is 0.0455. The van der Waals surface area contributed by atoms with Gasteiger partial charge in [0.15, 0.2) is 0 Å². The van der Waals surface area contributed by atoms with Crippen LogP contribution in [0.15, 0.2) is 72.2 Å². The number of aromatic nitrogens is 2. The highest BCUT2D eigenvalue weighted by Crippen LogP contribution is 2.21. The summed E-state index contributed by atoms with van der Waals surface area (Å²) >= 11 is 7.42. The Morgan fingerprint density at radius 2 is 1.70 bits per heavy atom.